The van der Waals surface area contributed by atoms with Crippen LogP contribution in [0.2, 0.25) is 0 Å². The van der Waals surface area contributed by atoms with Crippen molar-refractivity contribution < 1.29 is 33.0 Å². The summed E-state index contributed by atoms with van der Waals surface area (Å²) in [6.07, 6.45) is -4.83. The molecule has 1 aromatic heterocycles. The van der Waals surface area contributed by atoms with Crippen LogP contribution in [0.4, 0.5) is 14.6 Å². The molecule has 2 rings (SSSR count). The van der Waals surface area contributed by atoms with E-state index in [1.807, 2.05) is 0 Å². The van der Waals surface area contributed by atoms with Gasteiger partial charge in [-0.2, -0.15) is 13.8 Å². The Labute approximate surface area is 171 Å². The Kier molecular flexibility index (Phi) is 7.27. The molecule has 4 atom stereocenters. The molecule has 30 heavy (non-hydrogen) atoms. The van der Waals surface area contributed by atoms with Gasteiger partial charge in [0.15, 0.2) is 6.10 Å². The van der Waals surface area contributed by atoms with E-state index in [1.165, 1.54) is 13.8 Å². The molecule has 1 saturated heterocycles. The largest absolute Gasteiger partial charge is 0.453 e. The predicted molar refractivity (Wildman–Crippen MR) is 101 cm³/mol. The van der Waals surface area contributed by atoms with E-state index in [4.69, 9.17) is 15.2 Å². The number of hydrogen-bond acceptors (Lipinski definition) is 8. The highest BCUT2D eigenvalue weighted by molar-refractivity contribution is 5.93. The van der Waals surface area contributed by atoms with Gasteiger partial charge in [-0.1, -0.05) is 27.7 Å². The van der Waals surface area contributed by atoms with Crippen molar-refractivity contribution in [1.29, 1.82) is 0 Å². The predicted octanol–water partition coefficient (Wildman–Crippen LogP) is 0.258. The number of ether oxygens (including phenoxy) is 2. The van der Waals surface area contributed by atoms with Gasteiger partial charge in [0.25, 0.3) is 0 Å². The summed E-state index contributed by atoms with van der Waals surface area (Å²) in [5.41, 5.74) is 4.57. The summed E-state index contributed by atoms with van der Waals surface area (Å²) in [7, 11) is 0. The molecule has 1 unspecified atom stereocenters. The number of rotatable bonds is 7. The Morgan fingerprint density at radius 3 is 2.53 bits per heavy atom. The quantitative estimate of drug-likeness (QED) is 0.520. The number of esters is 1. The lowest BCUT2D eigenvalue weighted by Crippen LogP contribution is -2.45. The molecule has 0 radical (unpaired) electrons. The van der Waals surface area contributed by atoms with Crippen molar-refractivity contribution in [2.24, 2.45) is 17.6 Å². The highest BCUT2D eigenvalue weighted by Crippen LogP contribution is 2.44. The van der Waals surface area contributed by atoms with Gasteiger partial charge >= 0.3 is 17.6 Å². The number of carbonyl (C=O) groups is 2. The van der Waals surface area contributed by atoms with E-state index in [2.05, 4.69) is 10.3 Å². The Balaban J connectivity index is 2.27. The van der Waals surface area contributed by atoms with Crippen molar-refractivity contribution in [2.75, 3.05) is 11.9 Å². The van der Waals surface area contributed by atoms with Crippen LogP contribution < -0.4 is 16.7 Å². The van der Waals surface area contributed by atoms with Crippen LogP contribution in [-0.4, -0.2) is 57.3 Å². The van der Waals surface area contributed by atoms with Gasteiger partial charge in [0, 0.05) is 6.20 Å². The Morgan fingerprint density at radius 1 is 1.40 bits per heavy atom. The molecule has 4 N–H and O–H groups in total. The van der Waals surface area contributed by atoms with Crippen LogP contribution in [0.5, 0.6) is 0 Å². The second kappa shape index (κ2) is 9.14. The lowest BCUT2D eigenvalue weighted by molar-refractivity contribution is -0.179. The maximum Gasteiger partial charge on any atom is 0.351 e. The van der Waals surface area contributed by atoms with Crippen molar-refractivity contribution in [3.8, 4) is 0 Å². The average molecular weight is 432 g/mol. The summed E-state index contributed by atoms with van der Waals surface area (Å²) in [4.78, 5) is 39.7. The number of nitrogens with two attached hydrogens (primary N) is 1. The van der Waals surface area contributed by atoms with Crippen molar-refractivity contribution in [1.82, 2.24) is 9.55 Å². The first-order chi connectivity index (χ1) is 13.9. The number of nitrogens with one attached hydrogen (secondary N) is 1. The molecule has 168 valence electrons. The molecule has 12 heteroatoms. The minimum absolute atomic E-state index is 0.167. The number of nitrogens with zero attached hydrogens (tertiary/aromatic N) is 2. The minimum atomic E-state index is -3.83. The molecule has 10 nitrogen and oxygen atoms in total. The van der Waals surface area contributed by atoms with Crippen LogP contribution in [0.1, 0.15) is 33.9 Å². The van der Waals surface area contributed by atoms with Crippen LogP contribution in [0.25, 0.3) is 0 Å². The number of aromatic nitrogens is 2. The highest BCUT2D eigenvalue weighted by Gasteiger charge is 2.62. The number of carbonyl (C=O) groups excluding carboxylic acids is 2. The van der Waals surface area contributed by atoms with Gasteiger partial charge in [-0.3, -0.25) is 14.2 Å². The number of hydrogen-bond donors (Lipinski definition) is 3. The van der Waals surface area contributed by atoms with E-state index < -0.39 is 60.5 Å². The fraction of sp³-hybridized carbons (Fsp3) is 0.667. The lowest BCUT2D eigenvalue weighted by Gasteiger charge is -2.24. The van der Waals surface area contributed by atoms with E-state index in [0.717, 1.165) is 12.3 Å². The summed E-state index contributed by atoms with van der Waals surface area (Å²) >= 11 is 0. The topological polar surface area (TPSA) is 146 Å². The molecular weight excluding hydrogens is 406 g/mol. The SMILES string of the molecule is CC(C)C(=O)O[C@@H]1[C@@H](CO)O[C@@H](n2ccc(NC(=O)C(N)C(C)C)nc2=O)C1(F)F. The number of amides is 1. The standard InChI is InChI=1S/C18H26F2N4O6/c1-8(2)12(21)14(26)22-11-5-6-24(17(28)23-11)16-18(19,20)13(10(7-25)29-16)30-15(27)9(3)4/h5-6,8-10,12-13,16,25H,7,21H2,1-4H3,(H,22,23,26,28)/t10-,12?,13-,16-/m1/s1. The van der Waals surface area contributed by atoms with E-state index in [0.29, 0.717) is 4.57 Å². The van der Waals surface area contributed by atoms with E-state index in [-0.39, 0.29) is 11.7 Å². The number of aliphatic hydroxyl groups is 1. The number of halogens is 2. The normalized spacial score (nSPS) is 24.1. The Hall–Kier alpha value is -2.44. The third kappa shape index (κ3) is 4.82. The molecule has 0 aliphatic carbocycles. The fourth-order valence-corrected chi connectivity index (χ4v) is 2.69. The van der Waals surface area contributed by atoms with Gasteiger partial charge in [0.05, 0.1) is 18.6 Å². The molecule has 0 bridgehead atoms. The molecule has 0 spiro atoms. The number of aliphatic hydroxyl groups excluding tert-OH is 1. The molecular formula is C18H26F2N4O6. The van der Waals surface area contributed by atoms with Crippen molar-refractivity contribution >= 4 is 17.7 Å². The third-order valence-corrected chi connectivity index (χ3v) is 4.60. The van der Waals surface area contributed by atoms with Crippen molar-refractivity contribution in [2.45, 2.75) is 58.1 Å². The van der Waals surface area contributed by atoms with Gasteiger partial charge in [-0.15, -0.1) is 0 Å². The second-order valence-corrected chi connectivity index (χ2v) is 7.66. The van der Waals surface area contributed by atoms with E-state index in [1.54, 1.807) is 13.8 Å². The highest BCUT2D eigenvalue weighted by atomic mass is 19.3. The fourth-order valence-electron chi connectivity index (χ4n) is 2.69. The molecule has 0 saturated carbocycles. The van der Waals surface area contributed by atoms with Crippen LogP contribution in [0, 0.1) is 11.8 Å². The maximum atomic E-state index is 14.9. The molecule has 1 amide bonds. The summed E-state index contributed by atoms with van der Waals surface area (Å²) in [5, 5.41) is 11.7. The second-order valence-electron chi connectivity index (χ2n) is 7.66. The van der Waals surface area contributed by atoms with E-state index in [9.17, 15) is 28.3 Å². The lowest BCUT2D eigenvalue weighted by atomic mass is 10.1. The van der Waals surface area contributed by atoms with Gasteiger partial charge in [-0.05, 0) is 12.0 Å². The molecule has 0 aromatic carbocycles. The summed E-state index contributed by atoms with van der Waals surface area (Å²) in [5.74, 6) is -6.32. The summed E-state index contributed by atoms with van der Waals surface area (Å²) in [6, 6.07) is 0.283. The van der Waals surface area contributed by atoms with Crippen molar-refractivity contribution in [3.63, 3.8) is 0 Å². The first-order valence-electron chi connectivity index (χ1n) is 9.40. The van der Waals surface area contributed by atoms with Crippen LogP contribution in [-0.2, 0) is 19.1 Å². The van der Waals surface area contributed by atoms with Crippen LogP contribution in [0.15, 0.2) is 17.1 Å². The van der Waals surface area contributed by atoms with Crippen LogP contribution in [0.3, 0.4) is 0 Å². The molecule has 2 heterocycles. The van der Waals surface area contributed by atoms with Crippen molar-refractivity contribution in [3.05, 3.63) is 22.7 Å². The molecule has 1 aliphatic heterocycles. The smallest absolute Gasteiger partial charge is 0.351 e. The Morgan fingerprint density at radius 2 is 2.03 bits per heavy atom. The third-order valence-electron chi connectivity index (χ3n) is 4.60. The maximum absolute atomic E-state index is 14.9. The molecule has 1 fully saturated rings. The number of anilines is 1. The molecule has 1 aromatic rings. The first kappa shape index (κ1) is 23.8. The zero-order chi connectivity index (χ0) is 22.8. The van der Waals surface area contributed by atoms with Gasteiger partial charge in [0.2, 0.25) is 12.1 Å². The summed E-state index contributed by atoms with van der Waals surface area (Å²) < 4.78 is 40.3. The number of alkyl halides is 2. The monoisotopic (exact) mass is 432 g/mol. The summed E-state index contributed by atoms with van der Waals surface area (Å²) in [6.45, 7) is 5.54. The van der Waals surface area contributed by atoms with Gasteiger partial charge < -0.3 is 25.6 Å². The van der Waals surface area contributed by atoms with Gasteiger partial charge in [-0.25, -0.2) is 4.79 Å². The van der Waals surface area contributed by atoms with Gasteiger partial charge in [0.1, 0.15) is 11.9 Å². The zero-order valence-electron chi connectivity index (χ0n) is 17.0. The Bertz CT molecular complexity index is 844. The minimum Gasteiger partial charge on any atom is -0.453 e. The van der Waals surface area contributed by atoms with E-state index >= 15 is 0 Å². The first-order valence-corrected chi connectivity index (χ1v) is 9.40. The van der Waals surface area contributed by atoms with Crippen LogP contribution >= 0.6 is 0 Å². The average Bonchev–Trinajstić information content (AvgIpc) is 2.91. The molecule has 1 aliphatic rings. The zero-order valence-corrected chi connectivity index (χ0v) is 17.0.